The molecule has 0 aliphatic carbocycles. The van der Waals surface area contributed by atoms with Gasteiger partial charge in [0, 0.05) is 20.3 Å². The number of anilines is 2. The van der Waals surface area contributed by atoms with E-state index in [2.05, 4.69) is 10.3 Å². The van der Waals surface area contributed by atoms with Crippen molar-refractivity contribution in [2.45, 2.75) is 19.9 Å². The van der Waals surface area contributed by atoms with Gasteiger partial charge in [-0.15, -0.1) is 0 Å². The van der Waals surface area contributed by atoms with Crippen LogP contribution in [-0.2, 0) is 11.3 Å². The first-order valence-corrected chi connectivity index (χ1v) is 6.47. The van der Waals surface area contributed by atoms with Crippen molar-refractivity contribution in [3.05, 3.63) is 20.8 Å². The quantitative estimate of drug-likeness (QED) is 0.496. The molecule has 0 amide bonds. The summed E-state index contributed by atoms with van der Waals surface area (Å²) in [6.07, 6.45) is 0.619. The number of hydrogen-bond acceptors (Lipinski definition) is 6. The van der Waals surface area contributed by atoms with Gasteiger partial charge in [0.25, 0.3) is 5.56 Å². The van der Waals surface area contributed by atoms with Crippen LogP contribution in [0.1, 0.15) is 13.3 Å². The smallest absolute Gasteiger partial charge is 0.330 e. The van der Waals surface area contributed by atoms with Gasteiger partial charge in [-0.1, -0.05) is 6.92 Å². The van der Waals surface area contributed by atoms with Gasteiger partial charge in [-0.05, 0) is 12.3 Å². The van der Waals surface area contributed by atoms with Crippen LogP contribution in [0.2, 0.25) is 0 Å². The minimum Gasteiger partial charge on any atom is -0.396 e. The van der Waals surface area contributed by atoms with Crippen molar-refractivity contribution >= 4 is 11.5 Å². The molecule has 1 atom stereocenters. The number of nitrogens with two attached hydrogens (primary N) is 1. The Bertz CT molecular complexity index is 537. The maximum atomic E-state index is 11.8. The fourth-order valence-corrected chi connectivity index (χ4v) is 1.76. The maximum Gasteiger partial charge on any atom is 0.330 e. The van der Waals surface area contributed by atoms with Crippen molar-refractivity contribution < 1.29 is 9.84 Å². The van der Waals surface area contributed by atoms with Crippen molar-refractivity contribution in [2.24, 2.45) is 5.92 Å². The zero-order valence-corrected chi connectivity index (χ0v) is 11.8. The number of hydrogen-bond donors (Lipinski definition) is 4. The molecule has 0 saturated carbocycles. The second kappa shape index (κ2) is 7.71. The van der Waals surface area contributed by atoms with Crippen LogP contribution < -0.4 is 22.3 Å². The average molecular weight is 286 g/mol. The number of nitrogens with zero attached hydrogens (tertiary/aromatic N) is 1. The van der Waals surface area contributed by atoms with E-state index in [1.807, 2.05) is 6.92 Å². The Hall–Kier alpha value is -1.80. The van der Waals surface area contributed by atoms with E-state index in [1.54, 1.807) is 0 Å². The Kier molecular flexibility index (Phi) is 6.26. The number of methoxy groups -OCH3 is 1. The van der Waals surface area contributed by atoms with Crippen molar-refractivity contribution in [2.75, 3.05) is 37.9 Å². The van der Waals surface area contributed by atoms with E-state index >= 15 is 0 Å². The molecule has 114 valence electrons. The van der Waals surface area contributed by atoms with Crippen LogP contribution >= 0.6 is 0 Å². The number of aliphatic hydroxyl groups is 1. The summed E-state index contributed by atoms with van der Waals surface area (Å²) in [4.78, 5) is 25.7. The highest BCUT2D eigenvalue weighted by molar-refractivity contribution is 5.60. The summed E-state index contributed by atoms with van der Waals surface area (Å²) in [5.74, 6) is 0.269. The molecule has 1 aromatic rings. The lowest BCUT2D eigenvalue weighted by Crippen LogP contribution is -2.35. The lowest BCUT2D eigenvalue weighted by molar-refractivity contribution is 0.186. The Morgan fingerprint density at radius 1 is 1.50 bits per heavy atom. The van der Waals surface area contributed by atoms with Gasteiger partial charge in [-0.3, -0.25) is 14.3 Å². The number of aliphatic hydroxyl groups excluding tert-OH is 1. The molecule has 1 heterocycles. The molecule has 8 heteroatoms. The lowest BCUT2D eigenvalue weighted by Gasteiger charge is -2.15. The molecule has 20 heavy (non-hydrogen) atoms. The van der Waals surface area contributed by atoms with Crippen LogP contribution in [0, 0.1) is 5.92 Å². The molecule has 0 saturated heterocycles. The summed E-state index contributed by atoms with van der Waals surface area (Å²) in [5, 5.41) is 11.8. The fourth-order valence-electron chi connectivity index (χ4n) is 1.76. The Morgan fingerprint density at radius 2 is 2.20 bits per heavy atom. The van der Waals surface area contributed by atoms with Crippen LogP contribution in [0.25, 0.3) is 0 Å². The molecule has 0 aliphatic rings. The first-order valence-electron chi connectivity index (χ1n) is 6.47. The number of aromatic amines is 1. The number of ether oxygens (including phenoxy) is 1. The van der Waals surface area contributed by atoms with E-state index in [0.717, 1.165) is 0 Å². The van der Waals surface area contributed by atoms with Crippen molar-refractivity contribution in [3.63, 3.8) is 0 Å². The molecular formula is C12H22N4O4. The Balaban J connectivity index is 2.95. The summed E-state index contributed by atoms with van der Waals surface area (Å²) in [5.41, 5.74) is 4.93. The lowest BCUT2D eigenvalue weighted by atomic mass is 10.1. The molecule has 0 fully saturated rings. The van der Waals surface area contributed by atoms with Gasteiger partial charge in [0.2, 0.25) is 0 Å². The zero-order chi connectivity index (χ0) is 15.1. The molecule has 0 radical (unpaired) electrons. The third-order valence-corrected chi connectivity index (χ3v) is 3.01. The van der Waals surface area contributed by atoms with Gasteiger partial charge in [-0.25, -0.2) is 4.79 Å². The van der Waals surface area contributed by atoms with Crippen molar-refractivity contribution in [1.29, 1.82) is 0 Å². The van der Waals surface area contributed by atoms with Crippen LogP contribution in [-0.4, -0.2) is 41.5 Å². The molecule has 5 N–H and O–H groups in total. The fraction of sp³-hybridized carbons (Fsp3) is 0.667. The number of nitrogen functional groups attached to an aromatic ring is 1. The van der Waals surface area contributed by atoms with E-state index < -0.39 is 11.2 Å². The number of H-pyrrole nitrogens is 1. The van der Waals surface area contributed by atoms with Crippen molar-refractivity contribution in [3.8, 4) is 0 Å². The number of aromatic nitrogens is 2. The molecule has 1 aromatic heterocycles. The molecule has 0 aromatic carbocycles. The van der Waals surface area contributed by atoms with E-state index in [-0.39, 0.29) is 30.6 Å². The molecular weight excluding hydrogens is 264 g/mol. The van der Waals surface area contributed by atoms with Gasteiger partial charge in [0.1, 0.15) is 11.5 Å². The molecule has 0 aliphatic heterocycles. The second-order valence-electron chi connectivity index (χ2n) is 4.66. The summed E-state index contributed by atoms with van der Waals surface area (Å²) < 4.78 is 6.15. The predicted octanol–water partition coefficient (Wildman–Crippen LogP) is -0.804. The van der Waals surface area contributed by atoms with Crippen LogP contribution in [0.5, 0.6) is 0 Å². The summed E-state index contributed by atoms with van der Waals surface area (Å²) in [6, 6.07) is 0. The van der Waals surface area contributed by atoms with Gasteiger partial charge in [0.05, 0.1) is 13.2 Å². The van der Waals surface area contributed by atoms with Crippen LogP contribution in [0.3, 0.4) is 0 Å². The highest BCUT2D eigenvalue weighted by Gasteiger charge is 2.12. The van der Waals surface area contributed by atoms with Gasteiger partial charge in [0.15, 0.2) is 0 Å². The normalized spacial score (nSPS) is 12.3. The topological polar surface area (TPSA) is 122 Å². The van der Waals surface area contributed by atoms with Crippen LogP contribution in [0.4, 0.5) is 11.5 Å². The van der Waals surface area contributed by atoms with E-state index in [1.165, 1.54) is 11.7 Å². The minimum absolute atomic E-state index is 0.0853. The Labute approximate surface area is 116 Å². The molecule has 0 spiro atoms. The van der Waals surface area contributed by atoms with Gasteiger partial charge >= 0.3 is 5.69 Å². The highest BCUT2D eigenvalue weighted by atomic mass is 16.5. The summed E-state index contributed by atoms with van der Waals surface area (Å²) in [7, 11) is 1.52. The Morgan fingerprint density at radius 3 is 2.80 bits per heavy atom. The molecule has 0 bridgehead atoms. The summed E-state index contributed by atoms with van der Waals surface area (Å²) >= 11 is 0. The summed E-state index contributed by atoms with van der Waals surface area (Å²) in [6.45, 7) is 3.09. The third-order valence-electron chi connectivity index (χ3n) is 3.01. The second-order valence-corrected chi connectivity index (χ2v) is 4.66. The standard InChI is InChI=1S/C12H22N4O4/c1-8(3-5-17)7-14-9-10(13)16(4-6-20-2)12(19)15-11(9)18/h8,14,17H,3-7,13H2,1-2H3,(H,15,18,19). The van der Waals surface area contributed by atoms with Crippen molar-refractivity contribution in [1.82, 2.24) is 9.55 Å². The zero-order valence-electron chi connectivity index (χ0n) is 11.8. The molecule has 8 nitrogen and oxygen atoms in total. The number of rotatable bonds is 8. The van der Waals surface area contributed by atoms with Crippen LogP contribution in [0.15, 0.2) is 9.59 Å². The van der Waals surface area contributed by atoms with Gasteiger partial charge in [-0.2, -0.15) is 0 Å². The van der Waals surface area contributed by atoms with E-state index in [9.17, 15) is 9.59 Å². The van der Waals surface area contributed by atoms with Gasteiger partial charge < -0.3 is 20.9 Å². The van der Waals surface area contributed by atoms with E-state index in [0.29, 0.717) is 19.6 Å². The third kappa shape index (κ3) is 4.10. The predicted molar refractivity (Wildman–Crippen MR) is 77.0 cm³/mol. The maximum absolute atomic E-state index is 11.8. The number of nitrogens with one attached hydrogen (secondary N) is 2. The van der Waals surface area contributed by atoms with E-state index in [4.69, 9.17) is 15.6 Å². The minimum atomic E-state index is -0.557. The highest BCUT2D eigenvalue weighted by Crippen LogP contribution is 2.11. The molecule has 1 unspecified atom stereocenters. The average Bonchev–Trinajstić information content (AvgIpc) is 2.38. The SMILES string of the molecule is COCCn1c(N)c(NCC(C)CCO)c(=O)[nH]c1=O. The monoisotopic (exact) mass is 286 g/mol. The first kappa shape index (κ1) is 16.3. The first-order chi connectivity index (χ1) is 9.51. The largest absolute Gasteiger partial charge is 0.396 e. The molecule has 1 rings (SSSR count).